The molecule has 0 spiro atoms. The number of amides is 2. The van der Waals surface area contributed by atoms with Gasteiger partial charge in [-0.25, -0.2) is 4.79 Å². The molecule has 9 heteroatoms. The quantitative estimate of drug-likeness (QED) is 0.477. The molecule has 3 rings (SSSR count). The summed E-state index contributed by atoms with van der Waals surface area (Å²) >= 11 is 0. The Morgan fingerprint density at radius 2 is 1.76 bits per heavy atom. The van der Waals surface area contributed by atoms with E-state index in [9.17, 15) is 22.8 Å². The zero-order valence-electron chi connectivity index (χ0n) is 18.5. The molecule has 0 saturated heterocycles. The first kappa shape index (κ1) is 24.8. The van der Waals surface area contributed by atoms with Gasteiger partial charge in [0, 0.05) is 25.2 Å². The van der Waals surface area contributed by atoms with Gasteiger partial charge in [-0.05, 0) is 42.3 Å². The van der Waals surface area contributed by atoms with E-state index in [-0.39, 0.29) is 37.3 Å². The monoisotopic (exact) mass is 471 g/mol. The topological polar surface area (TPSA) is 82.5 Å². The molecule has 1 heterocycles. The van der Waals surface area contributed by atoms with Crippen LogP contribution in [0.3, 0.4) is 0 Å². The summed E-state index contributed by atoms with van der Waals surface area (Å²) in [6.45, 7) is 2.20. The molecule has 3 aromatic rings. The van der Waals surface area contributed by atoms with E-state index in [4.69, 9.17) is 5.11 Å². The van der Waals surface area contributed by atoms with Crippen molar-refractivity contribution >= 4 is 12.0 Å². The summed E-state index contributed by atoms with van der Waals surface area (Å²) in [6, 6.07) is 16.9. The maximum absolute atomic E-state index is 13.4. The lowest BCUT2D eigenvalue weighted by molar-refractivity contribution is -0.138. The number of alkyl halides is 3. The molecule has 0 radical (unpaired) electrons. The molecule has 0 aliphatic heterocycles. The first-order valence-electron chi connectivity index (χ1n) is 10.6. The molecule has 0 fully saturated rings. The van der Waals surface area contributed by atoms with Crippen LogP contribution in [0.5, 0.6) is 0 Å². The van der Waals surface area contributed by atoms with E-state index in [0.717, 1.165) is 17.7 Å². The van der Waals surface area contributed by atoms with Crippen LogP contribution >= 0.6 is 0 Å². The highest BCUT2D eigenvalue weighted by molar-refractivity contribution is 5.75. The van der Waals surface area contributed by atoms with Crippen molar-refractivity contribution in [3.63, 3.8) is 0 Å². The second kappa shape index (κ2) is 10.8. The SMILES string of the molecule is CCN(Cc1cc(C(F)(F)F)ccc1-c1cccc(CC(=O)O)n1)C(=O)NCc1ccccc1. The smallest absolute Gasteiger partial charge is 0.416 e. The number of rotatable bonds is 8. The molecule has 6 nitrogen and oxygen atoms in total. The summed E-state index contributed by atoms with van der Waals surface area (Å²) in [5, 5.41) is 11.8. The molecule has 2 N–H and O–H groups in total. The van der Waals surface area contributed by atoms with Crippen LogP contribution in [0.2, 0.25) is 0 Å². The predicted octanol–water partition coefficient (Wildman–Crippen LogP) is 5.13. The Labute approximate surface area is 195 Å². The number of carboxylic acid groups (broad SMARTS) is 1. The summed E-state index contributed by atoms with van der Waals surface area (Å²) in [7, 11) is 0. The van der Waals surface area contributed by atoms with Gasteiger partial charge in [-0.1, -0.05) is 42.5 Å². The van der Waals surface area contributed by atoms with Crippen LogP contribution in [-0.4, -0.2) is 33.5 Å². The van der Waals surface area contributed by atoms with Crippen LogP contribution in [0.4, 0.5) is 18.0 Å². The van der Waals surface area contributed by atoms with E-state index in [2.05, 4.69) is 10.3 Å². The molecule has 178 valence electrons. The van der Waals surface area contributed by atoms with Crippen LogP contribution in [0.15, 0.2) is 66.7 Å². The van der Waals surface area contributed by atoms with Crippen molar-refractivity contribution in [3.05, 3.63) is 89.1 Å². The van der Waals surface area contributed by atoms with Crippen molar-refractivity contribution in [2.24, 2.45) is 0 Å². The maximum Gasteiger partial charge on any atom is 0.416 e. The van der Waals surface area contributed by atoms with Crippen LogP contribution in [-0.2, 0) is 30.5 Å². The lowest BCUT2D eigenvalue weighted by Crippen LogP contribution is -2.39. The number of urea groups is 1. The number of carbonyl (C=O) groups is 2. The Morgan fingerprint density at radius 1 is 1.03 bits per heavy atom. The number of pyridine rings is 1. The van der Waals surface area contributed by atoms with Crippen molar-refractivity contribution in [1.29, 1.82) is 0 Å². The number of hydrogen-bond donors (Lipinski definition) is 2. The fourth-order valence-electron chi connectivity index (χ4n) is 3.45. The number of nitrogens with one attached hydrogen (secondary N) is 1. The molecule has 0 aliphatic rings. The zero-order valence-corrected chi connectivity index (χ0v) is 18.5. The molecule has 0 aliphatic carbocycles. The molecule has 0 atom stereocenters. The molecule has 0 bridgehead atoms. The summed E-state index contributed by atoms with van der Waals surface area (Å²) < 4.78 is 40.3. The number of carbonyl (C=O) groups excluding carboxylic acids is 1. The van der Waals surface area contributed by atoms with E-state index < -0.39 is 23.7 Å². The minimum atomic E-state index is -4.56. The molecular formula is C25H24F3N3O3. The van der Waals surface area contributed by atoms with Gasteiger partial charge in [0.15, 0.2) is 0 Å². The molecule has 34 heavy (non-hydrogen) atoms. The van der Waals surface area contributed by atoms with Gasteiger partial charge in [0.2, 0.25) is 0 Å². The van der Waals surface area contributed by atoms with Crippen molar-refractivity contribution < 1.29 is 27.9 Å². The first-order valence-corrected chi connectivity index (χ1v) is 10.6. The minimum absolute atomic E-state index is 0.0821. The van der Waals surface area contributed by atoms with Gasteiger partial charge in [-0.2, -0.15) is 13.2 Å². The Balaban J connectivity index is 1.91. The van der Waals surface area contributed by atoms with Gasteiger partial charge in [0.05, 0.1) is 23.4 Å². The number of hydrogen-bond acceptors (Lipinski definition) is 3. The number of aliphatic carboxylic acids is 1. The van der Waals surface area contributed by atoms with Gasteiger partial charge in [0.25, 0.3) is 0 Å². The molecule has 2 amide bonds. The third kappa shape index (κ3) is 6.57. The lowest BCUT2D eigenvalue weighted by Gasteiger charge is -2.24. The van der Waals surface area contributed by atoms with E-state index in [1.54, 1.807) is 19.1 Å². The highest BCUT2D eigenvalue weighted by Gasteiger charge is 2.31. The van der Waals surface area contributed by atoms with Gasteiger partial charge in [0.1, 0.15) is 0 Å². The predicted molar refractivity (Wildman–Crippen MR) is 121 cm³/mol. The first-order chi connectivity index (χ1) is 16.2. The molecule has 0 saturated carbocycles. The standard InChI is InChI=1S/C25H24F3N3O3/c1-2-31(24(34)29-15-17-7-4-3-5-8-17)16-18-13-19(25(26,27)28)11-12-21(18)22-10-6-9-20(30-22)14-23(32)33/h3-13H,2,14-16H2,1H3,(H,29,34)(H,32,33). The van der Waals surface area contributed by atoms with Gasteiger partial charge in [-0.3, -0.25) is 9.78 Å². The van der Waals surface area contributed by atoms with Crippen molar-refractivity contribution in [2.45, 2.75) is 32.6 Å². The largest absolute Gasteiger partial charge is 0.481 e. The Morgan fingerprint density at radius 3 is 2.41 bits per heavy atom. The summed E-state index contributed by atoms with van der Waals surface area (Å²) in [5.41, 5.74) is 1.33. The number of benzene rings is 2. The summed E-state index contributed by atoms with van der Waals surface area (Å²) in [5.74, 6) is -1.07. The third-order valence-corrected chi connectivity index (χ3v) is 5.16. The Kier molecular flexibility index (Phi) is 7.88. The van der Waals surface area contributed by atoms with E-state index in [1.807, 2.05) is 30.3 Å². The minimum Gasteiger partial charge on any atom is -0.481 e. The van der Waals surface area contributed by atoms with Crippen LogP contribution in [0.25, 0.3) is 11.3 Å². The summed E-state index contributed by atoms with van der Waals surface area (Å²) in [6.07, 6.45) is -4.87. The number of nitrogens with zero attached hydrogens (tertiary/aromatic N) is 2. The molecule has 1 aromatic heterocycles. The highest BCUT2D eigenvalue weighted by atomic mass is 19.4. The average Bonchev–Trinajstić information content (AvgIpc) is 2.80. The van der Waals surface area contributed by atoms with Crippen molar-refractivity contribution in [1.82, 2.24) is 15.2 Å². The van der Waals surface area contributed by atoms with Crippen LogP contribution < -0.4 is 5.32 Å². The van der Waals surface area contributed by atoms with Crippen LogP contribution in [0.1, 0.15) is 29.3 Å². The normalized spacial score (nSPS) is 11.2. The summed E-state index contributed by atoms with van der Waals surface area (Å²) in [4.78, 5) is 29.5. The van der Waals surface area contributed by atoms with Gasteiger partial charge in [-0.15, -0.1) is 0 Å². The fraction of sp³-hybridized carbons (Fsp3) is 0.240. The average molecular weight is 471 g/mol. The number of carboxylic acids is 1. The molecule has 0 unspecified atom stereocenters. The van der Waals surface area contributed by atoms with Crippen LogP contribution in [0, 0.1) is 0 Å². The Bertz CT molecular complexity index is 1150. The van der Waals surface area contributed by atoms with Gasteiger partial charge < -0.3 is 15.3 Å². The number of halogens is 3. The molecule has 2 aromatic carbocycles. The van der Waals surface area contributed by atoms with E-state index in [0.29, 0.717) is 11.3 Å². The van der Waals surface area contributed by atoms with Crippen molar-refractivity contribution in [2.75, 3.05) is 6.54 Å². The fourth-order valence-corrected chi connectivity index (χ4v) is 3.45. The maximum atomic E-state index is 13.4. The third-order valence-electron chi connectivity index (χ3n) is 5.16. The van der Waals surface area contributed by atoms with Crippen molar-refractivity contribution in [3.8, 4) is 11.3 Å². The van der Waals surface area contributed by atoms with Gasteiger partial charge >= 0.3 is 18.2 Å². The Hall–Kier alpha value is -3.88. The second-order valence-electron chi connectivity index (χ2n) is 7.61. The number of aromatic nitrogens is 1. The van der Waals surface area contributed by atoms with E-state index >= 15 is 0 Å². The zero-order chi connectivity index (χ0) is 24.7. The lowest BCUT2D eigenvalue weighted by atomic mass is 9.99. The highest BCUT2D eigenvalue weighted by Crippen LogP contribution is 2.33. The second-order valence-corrected chi connectivity index (χ2v) is 7.61. The molecular weight excluding hydrogens is 447 g/mol. The van der Waals surface area contributed by atoms with E-state index in [1.165, 1.54) is 17.0 Å².